The van der Waals surface area contributed by atoms with Gasteiger partial charge in [0, 0.05) is 13.3 Å². The number of hydrogen-bond donors (Lipinski definition) is 3. The Balaban J connectivity index is 0.000000640. The Morgan fingerprint density at radius 2 is 1.44 bits per heavy atom. The summed E-state index contributed by atoms with van der Waals surface area (Å²) in [5, 5.41) is 13.3. The molecule has 0 bridgehead atoms. The van der Waals surface area contributed by atoms with Crippen LogP contribution >= 0.6 is 0 Å². The van der Waals surface area contributed by atoms with Crippen LogP contribution in [0.1, 0.15) is 0 Å². The van der Waals surface area contributed by atoms with Crippen molar-refractivity contribution in [3.8, 4) is 0 Å². The van der Waals surface area contributed by atoms with E-state index >= 15 is 0 Å². The van der Waals surface area contributed by atoms with Gasteiger partial charge in [-0.15, -0.1) is 0 Å². The van der Waals surface area contributed by atoms with Crippen LogP contribution in [0.3, 0.4) is 0 Å². The van der Waals surface area contributed by atoms with E-state index in [0.29, 0.717) is 0 Å². The van der Waals surface area contributed by atoms with E-state index < -0.39 is 0 Å². The molecule has 1 heterocycles. The van der Waals surface area contributed by atoms with Crippen molar-refractivity contribution < 1.29 is 21.7 Å². The number of nitrogens with one attached hydrogen (secondary N) is 3. The Labute approximate surface area is 70.0 Å². The summed E-state index contributed by atoms with van der Waals surface area (Å²) in [6.07, 6.45) is 0. The second-order valence-electron chi connectivity index (χ2n) is 1.64. The molecule has 0 aromatic heterocycles. The van der Waals surface area contributed by atoms with Gasteiger partial charge < -0.3 is 16.0 Å². The number of nitrogens with zero attached hydrogens (tertiary/aromatic N) is 1. The maximum absolute atomic E-state index is 4.07. The summed E-state index contributed by atoms with van der Waals surface area (Å²) in [5.74, 6) is 0. The minimum Gasteiger partial charge on any atom is -0.638 e. The van der Waals surface area contributed by atoms with Gasteiger partial charge in [0.25, 0.3) is 0 Å². The van der Waals surface area contributed by atoms with E-state index in [4.69, 9.17) is 0 Å². The molecule has 0 amide bonds. The van der Waals surface area contributed by atoms with Gasteiger partial charge in [-0.1, -0.05) is 13.3 Å². The van der Waals surface area contributed by atoms with Gasteiger partial charge in [-0.05, 0) is 0 Å². The molecule has 9 heavy (non-hydrogen) atoms. The molecule has 50 valence electrons. The third-order valence-electron chi connectivity index (χ3n) is 0.947. The average Bonchev–Trinajstić information content (AvgIpc) is 1.62. The van der Waals surface area contributed by atoms with Gasteiger partial charge in [-0.2, -0.15) is 0 Å². The van der Waals surface area contributed by atoms with Gasteiger partial charge in [0.05, 0.1) is 0 Å². The van der Waals surface area contributed by atoms with Crippen molar-refractivity contribution in [3.05, 3.63) is 5.32 Å². The van der Waals surface area contributed by atoms with E-state index in [0.717, 1.165) is 26.7 Å². The molecular weight excluding hydrogens is 152 g/mol. The molecule has 0 spiro atoms. The molecule has 1 fully saturated rings. The first-order chi connectivity index (χ1) is 4.00. The van der Waals surface area contributed by atoms with Gasteiger partial charge in [0.15, 0.2) is 0 Å². The normalized spacial score (nSPS) is 21.3. The summed E-state index contributed by atoms with van der Waals surface area (Å²) >= 11 is 0. The first-order valence-electron chi connectivity index (χ1n) is 2.75. The Hall–Kier alpha value is 0.554. The molecule has 0 radical (unpaired) electrons. The largest absolute Gasteiger partial charge is 2.00 e. The first kappa shape index (κ1) is 9.55. The summed E-state index contributed by atoms with van der Waals surface area (Å²) in [4.78, 5) is 0. The second kappa shape index (κ2) is 6.67. The van der Waals surface area contributed by atoms with Crippen molar-refractivity contribution in [2.75, 3.05) is 26.7 Å². The van der Waals surface area contributed by atoms with Crippen molar-refractivity contribution in [1.82, 2.24) is 16.0 Å². The topological polar surface area (TPSA) is 50.2 Å². The molecule has 3 N–H and O–H groups in total. The molecule has 1 saturated heterocycles. The maximum Gasteiger partial charge on any atom is 2.00 e. The first-order valence-corrected chi connectivity index (χ1v) is 2.75. The molecule has 0 aromatic rings. The van der Waals surface area contributed by atoms with Crippen LogP contribution in [0.25, 0.3) is 5.32 Å². The van der Waals surface area contributed by atoms with Crippen LogP contribution in [-0.4, -0.2) is 26.7 Å². The Morgan fingerprint density at radius 1 is 0.889 bits per heavy atom. The predicted octanol–water partition coefficient (Wildman–Crippen LogP) is -1.03. The third kappa shape index (κ3) is 5.02. The van der Waals surface area contributed by atoms with Crippen LogP contribution in [0, 0.1) is 0 Å². The van der Waals surface area contributed by atoms with Gasteiger partial charge in [-0.25, -0.2) is 0 Å². The molecule has 4 nitrogen and oxygen atoms in total. The van der Waals surface area contributed by atoms with Crippen LogP contribution in [0.5, 0.6) is 0 Å². The molecule has 0 aromatic carbocycles. The van der Waals surface area contributed by atoms with E-state index in [1.807, 2.05) is 0 Å². The summed E-state index contributed by atoms with van der Waals surface area (Å²) in [7, 11) is 0. The van der Waals surface area contributed by atoms with Crippen molar-refractivity contribution in [2.24, 2.45) is 0 Å². The SMILES string of the molecule is C1[N-]CNCNCN1.[Ti+2]. The zero-order valence-corrected chi connectivity index (χ0v) is 6.84. The Kier molecular flexibility index (Phi) is 7.08. The fraction of sp³-hybridized carbons (Fsp3) is 1.00. The van der Waals surface area contributed by atoms with E-state index in [9.17, 15) is 0 Å². The van der Waals surface area contributed by atoms with E-state index in [-0.39, 0.29) is 21.7 Å². The molecule has 0 atom stereocenters. The zero-order chi connectivity index (χ0) is 5.66. The molecule has 5 heteroatoms. The maximum atomic E-state index is 4.07. The molecule has 0 saturated carbocycles. The molecule has 0 aliphatic carbocycles. The van der Waals surface area contributed by atoms with Crippen LogP contribution in [-0.2, 0) is 21.7 Å². The van der Waals surface area contributed by atoms with Crippen LogP contribution in [0.2, 0.25) is 0 Å². The molecule has 1 aliphatic rings. The fourth-order valence-electron chi connectivity index (χ4n) is 0.565. The van der Waals surface area contributed by atoms with Gasteiger partial charge >= 0.3 is 21.7 Å². The average molecular weight is 163 g/mol. The Bertz CT molecular complexity index is 36.5. The smallest absolute Gasteiger partial charge is 0.638 e. The minimum absolute atomic E-state index is 0. The van der Waals surface area contributed by atoms with Crippen molar-refractivity contribution in [2.45, 2.75) is 0 Å². The molecule has 1 rings (SSSR count). The summed E-state index contributed by atoms with van der Waals surface area (Å²) < 4.78 is 0. The summed E-state index contributed by atoms with van der Waals surface area (Å²) in [6.45, 7) is 3.19. The third-order valence-corrected chi connectivity index (χ3v) is 0.947. The standard InChI is InChI=1S/C4H11N4.Ti/c1-5-2-7-4-8-3-6-1;/h5-7H,1-4H2;/q-1;+2. The second-order valence-corrected chi connectivity index (χ2v) is 1.64. The quantitative estimate of drug-likeness (QED) is 0.400. The van der Waals surface area contributed by atoms with Crippen molar-refractivity contribution in [1.29, 1.82) is 0 Å². The minimum atomic E-state index is 0. The van der Waals surface area contributed by atoms with Crippen molar-refractivity contribution >= 4 is 0 Å². The van der Waals surface area contributed by atoms with Crippen molar-refractivity contribution in [3.63, 3.8) is 0 Å². The van der Waals surface area contributed by atoms with Crippen LogP contribution in [0.15, 0.2) is 0 Å². The summed E-state index contributed by atoms with van der Waals surface area (Å²) in [5.41, 5.74) is 0. The van der Waals surface area contributed by atoms with Gasteiger partial charge in [-0.3, -0.25) is 5.32 Å². The molecule has 0 unspecified atom stereocenters. The van der Waals surface area contributed by atoms with Gasteiger partial charge in [0.1, 0.15) is 0 Å². The van der Waals surface area contributed by atoms with Crippen LogP contribution in [0.4, 0.5) is 0 Å². The summed E-state index contributed by atoms with van der Waals surface area (Å²) in [6, 6.07) is 0. The van der Waals surface area contributed by atoms with E-state index in [2.05, 4.69) is 21.3 Å². The zero-order valence-electron chi connectivity index (χ0n) is 5.28. The van der Waals surface area contributed by atoms with Gasteiger partial charge in [0.2, 0.25) is 0 Å². The number of rotatable bonds is 0. The Morgan fingerprint density at radius 3 is 2.00 bits per heavy atom. The monoisotopic (exact) mass is 163 g/mol. The predicted molar refractivity (Wildman–Crippen MR) is 32.2 cm³/mol. The van der Waals surface area contributed by atoms with E-state index in [1.165, 1.54) is 0 Å². The van der Waals surface area contributed by atoms with E-state index in [1.54, 1.807) is 0 Å². The molecular formula is C4H11N4Ti+. The van der Waals surface area contributed by atoms with Crippen LogP contribution < -0.4 is 16.0 Å². The molecule has 1 aliphatic heterocycles. The number of hydrogen-bond acceptors (Lipinski definition) is 3. The fourth-order valence-corrected chi connectivity index (χ4v) is 0.565.